The van der Waals surface area contributed by atoms with Crippen LogP contribution in [0.4, 0.5) is 5.69 Å². The summed E-state index contributed by atoms with van der Waals surface area (Å²) in [5.41, 5.74) is 0.195. The van der Waals surface area contributed by atoms with Crippen molar-refractivity contribution in [3.8, 4) is 5.75 Å². The van der Waals surface area contributed by atoms with E-state index in [2.05, 4.69) is 31.4 Å². The molecule has 0 fully saturated rings. The Labute approximate surface area is 159 Å². The number of nitrogens with one attached hydrogen (secondary N) is 2. The van der Waals surface area contributed by atoms with Gasteiger partial charge in [-0.1, -0.05) is 32.9 Å². The van der Waals surface area contributed by atoms with Gasteiger partial charge in [0, 0.05) is 5.54 Å². The number of fused-ring (bicyclic) bond motifs is 1. The highest BCUT2D eigenvalue weighted by Crippen LogP contribution is 2.29. The average Bonchev–Trinajstić information content (AvgIpc) is 2.51. The van der Waals surface area contributed by atoms with E-state index in [1.54, 1.807) is 24.3 Å². The van der Waals surface area contributed by atoms with E-state index >= 15 is 0 Å². The van der Waals surface area contributed by atoms with Gasteiger partial charge in [0.2, 0.25) is 0 Å². The lowest BCUT2D eigenvalue weighted by molar-refractivity contribution is -0.152. The molecule has 0 aromatic heterocycles. The highest BCUT2D eigenvalue weighted by Gasteiger charge is 2.31. The van der Waals surface area contributed by atoms with Gasteiger partial charge in [0.1, 0.15) is 5.75 Å². The molecule has 2 amide bonds. The Bertz CT molecular complexity index is 721. The summed E-state index contributed by atoms with van der Waals surface area (Å²) >= 11 is 0. The van der Waals surface area contributed by atoms with Crippen LogP contribution in [0, 0.1) is 5.41 Å². The van der Waals surface area contributed by atoms with E-state index in [0.717, 1.165) is 6.42 Å². The molecule has 0 unspecified atom stereocenters. The maximum Gasteiger partial charge on any atom is 0.310 e. The second-order valence-electron chi connectivity index (χ2n) is 8.63. The van der Waals surface area contributed by atoms with E-state index in [9.17, 15) is 14.4 Å². The standard InChI is InChI=1S/C20H28N2O5/c1-19(2,3)12-20(4,5)22-16(23)11-26-17(24)10-15-18(25)21-13-8-6-7-9-14(13)27-15/h6-9,15H,10-12H2,1-5H3,(H,21,25)(H,22,23)/t15-/m0/s1. The summed E-state index contributed by atoms with van der Waals surface area (Å²) in [6, 6.07) is 6.97. The fraction of sp³-hybridized carbons (Fsp3) is 0.550. The number of esters is 1. The summed E-state index contributed by atoms with van der Waals surface area (Å²) in [6.07, 6.45) is -0.471. The van der Waals surface area contributed by atoms with Gasteiger partial charge >= 0.3 is 5.97 Å². The molecular weight excluding hydrogens is 348 g/mol. The molecule has 7 heteroatoms. The molecule has 1 atom stereocenters. The minimum atomic E-state index is -0.979. The normalized spacial score (nSPS) is 16.6. The molecule has 2 N–H and O–H groups in total. The van der Waals surface area contributed by atoms with E-state index in [0.29, 0.717) is 11.4 Å². The van der Waals surface area contributed by atoms with Crippen LogP contribution >= 0.6 is 0 Å². The summed E-state index contributed by atoms with van der Waals surface area (Å²) in [5.74, 6) is -0.965. The zero-order valence-electron chi connectivity index (χ0n) is 16.5. The minimum absolute atomic E-state index is 0.0510. The van der Waals surface area contributed by atoms with Crippen molar-refractivity contribution in [3.63, 3.8) is 0 Å². The molecule has 1 aromatic rings. The van der Waals surface area contributed by atoms with Crippen LogP contribution in [0.2, 0.25) is 0 Å². The number of benzene rings is 1. The number of hydrogen-bond acceptors (Lipinski definition) is 5. The Morgan fingerprint density at radius 1 is 1.19 bits per heavy atom. The van der Waals surface area contributed by atoms with Crippen molar-refractivity contribution >= 4 is 23.5 Å². The summed E-state index contributed by atoms with van der Waals surface area (Å²) in [4.78, 5) is 36.1. The largest absolute Gasteiger partial charge is 0.478 e. The van der Waals surface area contributed by atoms with E-state index < -0.39 is 30.1 Å². The molecule has 1 aliphatic rings. The number of hydrogen-bond donors (Lipinski definition) is 2. The number of rotatable bonds is 6. The Kier molecular flexibility index (Phi) is 6.13. The van der Waals surface area contributed by atoms with Crippen molar-refractivity contribution in [1.29, 1.82) is 0 Å². The first kappa shape index (κ1) is 20.7. The molecule has 148 valence electrons. The molecule has 0 aliphatic carbocycles. The molecule has 0 radical (unpaired) electrons. The average molecular weight is 376 g/mol. The molecule has 0 saturated heterocycles. The van der Waals surface area contributed by atoms with Gasteiger partial charge in [-0.3, -0.25) is 14.4 Å². The lowest BCUT2D eigenvalue weighted by atomic mass is 9.82. The first-order chi connectivity index (χ1) is 12.5. The van der Waals surface area contributed by atoms with Gasteiger partial charge in [0.25, 0.3) is 11.8 Å². The van der Waals surface area contributed by atoms with Gasteiger partial charge in [-0.15, -0.1) is 0 Å². The Morgan fingerprint density at radius 2 is 1.85 bits per heavy atom. The van der Waals surface area contributed by atoms with Crippen LogP contribution < -0.4 is 15.4 Å². The SMILES string of the molecule is CC(C)(C)CC(C)(C)NC(=O)COC(=O)C[C@@H]1Oc2ccccc2NC1=O. The predicted octanol–water partition coefficient (Wildman–Crippen LogP) is 2.65. The predicted molar refractivity (Wildman–Crippen MR) is 101 cm³/mol. The van der Waals surface area contributed by atoms with E-state index in [1.807, 2.05) is 13.8 Å². The van der Waals surface area contributed by atoms with Crippen LogP contribution in [0.5, 0.6) is 5.75 Å². The van der Waals surface area contributed by atoms with E-state index in [1.165, 1.54) is 0 Å². The maximum atomic E-state index is 12.1. The number of para-hydroxylation sites is 2. The molecule has 0 saturated carbocycles. The van der Waals surface area contributed by atoms with Gasteiger partial charge in [-0.05, 0) is 37.8 Å². The van der Waals surface area contributed by atoms with E-state index in [-0.39, 0.29) is 17.7 Å². The lowest BCUT2D eigenvalue weighted by Crippen LogP contribution is -2.47. The van der Waals surface area contributed by atoms with Crippen molar-refractivity contribution in [2.45, 2.75) is 59.1 Å². The number of anilines is 1. The van der Waals surface area contributed by atoms with E-state index in [4.69, 9.17) is 9.47 Å². The molecule has 1 heterocycles. The second kappa shape index (κ2) is 7.98. The number of amides is 2. The second-order valence-corrected chi connectivity index (χ2v) is 8.63. The van der Waals surface area contributed by atoms with Crippen molar-refractivity contribution in [3.05, 3.63) is 24.3 Å². The van der Waals surface area contributed by atoms with Crippen LogP contribution in [-0.2, 0) is 19.1 Å². The van der Waals surface area contributed by atoms with Gasteiger partial charge in [-0.2, -0.15) is 0 Å². The van der Waals surface area contributed by atoms with Gasteiger partial charge in [0.05, 0.1) is 12.1 Å². The highest BCUT2D eigenvalue weighted by atomic mass is 16.5. The van der Waals surface area contributed by atoms with Crippen molar-refractivity contribution < 1.29 is 23.9 Å². The Hall–Kier alpha value is -2.57. The van der Waals surface area contributed by atoms with Crippen LogP contribution in [0.15, 0.2) is 24.3 Å². The third-order valence-corrected chi connectivity index (χ3v) is 3.87. The number of carbonyl (C=O) groups excluding carboxylic acids is 3. The van der Waals surface area contributed by atoms with Crippen LogP contribution in [0.1, 0.15) is 47.5 Å². The Morgan fingerprint density at radius 3 is 2.52 bits per heavy atom. The molecule has 0 spiro atoms. The zero-order chi connectivity index (χ0) is 20.2. The first-order valence-electron chi connectivity index (χ1n) is 8.98. The highest BCUT2D eigenvalue weighted by molar-refractivity contribution is 5.99. The fourth-order valence-electron chi connectivity index (χ4n) is 3.37. The lowest BCUT2D eigenvalue weighted by Gasteiger charge is -2.33. The summed E-state index contributed by atoms with van der Waals surface area (Å²) in [5, 5.41) is 5.55. The monoisotopic (exact) mass is 376 g/mol. The maximum absolute atomic E-state index is 12.1. The Balaban J connectivity index is 1.81. The molecular formula is C20H28N2O5. The van der Waals surface area contributed by atoms with Gasteiger partial charge in [0.15, 0.2) is 12.7 Å². The molecule has 2 rings (SSSR count). The molecule has 1 aliphatic heterocycles. The molecule has 1 aromatic carbocycles. The number of ether oxygens (including phenoxy) is 2. The van der Waals surface area contributed by atoms with Crippen molar-refractivity contribution in [2.24, 2.45) is 5.41 Å². The first-order valence-corrected chi connectivity index (χ1v) is 8.98. The fourth-order valence-corrected chi connectivity index (χ4v) is 3.37. The minimum Gasteiger partial charge on any atom is -0.478 e. The van der Waals surface area contributed by atoms with Gasteiger partial charge in [-0.25, -0.2) is 0 Å². The zero-order valence-corrected chi connectivity index (χ0v) is 16.5. The summed E-state index contributed by atoms with van der Waals surface area (Å²) < 4.78 is 10.6. The summed E-state index contributed by atoms with van der Waals surface area (Å²) in [7, 11) is 0. The molecule has 0 bridgehead atoms. The third-order valence-electron chi connectivity index (χ3n) is 3.87. The quantitative estimate of drug-likeness (QED) is 0.745. The van der Waals surface area contributed by atoms with Crippen molar-refractivity contribution in [1.82, 2.24) is 5.32 Å². The molecule has 7 nitrogen and oxygen atoms in total. The smallest absolute Gasteiger partial charge is 0.310 e. The summed E-state index contributed by atoms with van der Waals surface area (Å²) in [6.45, 7) is 9.74. The third kappa shape index (κ3) is 6.58. The van der Waals surface area contributed by atoms with Crippen LogP contribution in [0.3, 0.4) is 0 Å². The van der Waals surface area contributed by atoms with Crippen LogP contribution in [-0.4, -0.2) is 36.0 Å². The van der Waals surface area contributed by atoms with Gasteiger partial charge < -0.3 is 20.1 Å². The molecule has 27 heavy (non-hydrogen) atoms. The topological polar surface area (TPSA) is 93.7 Å². The number of carbonyl (C=O) groups is 3. The van der Waals surface area contributed by atoms with Crippen molar-refractivity contribution in [2.75, 3.05) is 11.9 Å². The van der Waals surface area contributed by atoms with Crippen LogP contribution in [0.25, 0.3) is 0 Å².